The molecular weight excluding hydrogens is 180 g/mol. The molecule has 0 fully saturated rings. The van der Waals surface area contributed by atoms with Crippen molar-refractivity contribution in [1.29, 1.82) is 5.41 Å². The van der Waals surface area contributed by atoms with Crippen molar-refractivity contribution in [2.75, 3.05) is 18.5 Å². The molecule has 0 heterocycles. The number of nitrogens with two attached hydrogens (primary N) is 2. The summed E-state index contributed by atoms with van der Waals surface area (Å²) in [5.41, 5.74) is 12.1. The fraction of sp³-hybridized carbons (Fsp3) is 0.111. The van der Waals surface area contributed by atoms with Crippen LogP contribution in [-0.4, -0.2) is 18.7 Å². The van der Waals surface area contributed by atoms with Gasteiger partial charge in [0.2, 0.25) is 0 Å². The Bertz CT molecular complexity index is 386. The number of hydrogen-bond acceptors (Lipinski definition) is 4. The highest BCUT2D eigenvalue weighted by Gasteiger charge is 2.12. The Balaban J connectivity index is 3.12. The van der Waals surface area contributed by atoms with Crippen LogP contribution in [0.4, 0.5) is 11.4 Å². The van der Waals surface area contributed by atoms with Gasteiger partial charge in [-0.25, -0.2) is 0 Å². The molecule has 0 atom stereocenters. The number of rotatable bonds is 2. The zero-order valence-corrected chi connectivity index (χ0v) is 7.79. The predicted molar refractivity (Wildman–Crippen MR) is 56.2 cm³/mol. The van der Waals surface area contributed by atoms with Crippen molar-refractivity contribution >= 4 is 23.0 Å². The van der Waals surface area contributed by atoms with Crippen molar-refractivity contribution in [3.8, 4) is 0 Å². The van der Waals surface area contributed by atoms with Crippen LogP contribution in [0.15, 0.2) is 18.2 Å². The van der Waals surface area contributed by atoms with E-state index in [1.54, 1.807) is 12.1 Å². The van der Waals surface area contributed by atoms with Crippen LogP contribution in [0.5, 0.6) is 0 Å². The summed E-state index contributed by atoms with van der Waals surface area (Å²) in [5, 5.41) is 9.88. The number of carbonyl (C=O) groups excluding carboxylic acids is 1. The Morgan fingerprint density at radius 1 is 1.43 bits per heavy atom. The van der Waals surface area contributed by atoms with E-state index in [1.165, 1.54) is 13.1 Å². The lowest BCUT2D eigenvalue weighted by Crippen LogP contribution is -2.28. The van der Waals surface area contributed by atoms with E-state index in [0.717, 1.165) is 0 Å². The lowest BCUT2D eigenvalue weighted by atomic mass is 10.1. The smallest absolute Gasteiger partial charge is 0.269 e. The monoisotopic (exact) mass is 192 g/mol. The van der Waals surface area contributed by atoms with Gasteiger partial charge >= 0.3 is 0 Å². The van der Waals surface area contributed by atoms with E-state index in [0.29, 0.717) is 16.9 Å². The fourth-order valence-electron chi connectivity index (χ4n) is 1.04. The van der Waals surface area contributed by atoms with Crippen molar-refractivity contribution in [2.24, 2.45) is 0 Å². The average molecular weight is 192 g/mol. The number of amides is 1. The van der Waals surface area contributed by atoms with E-state index in [-0.39, 0.29) is 5.71 Å². The second-order valence-electron chi connectivity index (χ2n) is 2.80. The molecule has 0 radical (unpaired) electrons. The van der Waals surface area contributed by atoms with Gasteiger partial charge in [0.05, 0.1) is 0 Å². The van der Waals surface area contributed by atoms with Gasteiger partial charge in [-0.15, -0.1) is 0 Å². The number of likely N-dealkylation sites (N-methyl/N-ethyl adjacent to an activating group) is 1. The van der Waals surface area contributed by atoms with Crippen molar-refractivity contribution in [3.05, 3.63) is 23.8 Å². The second-order valence-corrected chi connectivity index (χ2v) is 2.80. The van der Waals surface area contributed by atoms with Gasteiger partial charge in [-0.05, 0) is 18.2 Å². The Morgan fingerprint density at radius 2 is 2.07 bits per heavy atom. The first-order chi connectivity index (χ1) is 6.56. The molecule has 0 aliphatic rings. The van der Waals surface area contributed by atoms with Crippen LogP contribution in [0.3, 0.4) is 0 Å². The number of anilines is 2. The minimum Gasteiger partial charge on any atom is -0.399 e. The van der Waals surface area contributed by atoms with Crippen molar-refractivity contribution < 1.29 is 4.79 Å². The van der Waals surface area contributed by atoms with Crippen LogP contribution in [0.2, 0.25) is 0 Å². The lowest BCUT2D eigenvalue weighted by molar-refractivity contribution is -0.114. The maximum Gasteiger partial charge on any atom is 0.269 e. The Kier molecular flexibility index (Phi) is 2.71. The number of carbonyl (C=O) groups is 1. The zero-order valence-electron chi connectivity index (χ0n) is 7.79. The fourth-order valence-corrected chi connectivity index (χ4v) is 1.04. The molecule has 0 aliphatic carbocycles. The van der Waals surface area contributed by atoms with E-state index >= 15 is 0 Å². The molecule has 5 nitrogen and oxygen atoms in total. The maximum absolute atomic E-state index is 11.1. The van der Waals surface area contributed by atoms with Crippen LogP contribution < -0.4 is 16.8 Å². The summed E-state index contributed by atoms with van der Waals surface area (Å²) in [7, 11) is 1.46. The standard InChI is InChI=1S/C9H12N4O/c1-13-9(14)8(12)6-4-5(10)2-3-7(6)11/h2-4,12H,10-11H2,1H3,(H,13,14). The van der Waals surface area contributed by atoms with E-state index in [4.69, 9.17) is 16.9 Å². The number of nitrogens with one attached hydrogen (secondary N) is 2. The van der Waals surface area contributed by atoms with Gasteiger partial charge in [0, 0.05) is 24.0 Å². The van der Waals surface area contributed by atoms with Gasteiger partial charge in [-0.1, -0.05) is 0 Å². The number of nitrogen functional groups attached to an aromatic ring is 2. The van der Waals surface area contributed by atoms with E-state index in [2.05, 4.69) is 5.32 Å². The summed E-state index contributed by atoms with van der Waals surface area (Å²) < 4.78 is 0. The highest BCUT2D eigenvalue weighted by atomic mass is 16.1. The normalized spacial score (nSPS) is 9.50. The molecule has 0 saturated carbocycles. The third kappa shape index (κ3) is 1.82. The van der Waals surface area contributed by atoms with Crippen molar-refractivity contribution in [1.82, 2.24) is 5.32 Å². The first-order valence-corrected chi connectivity index (χ1v) is 4.02. The highest BCUT2D eigenvalue weighted by molar-refractivity contribution is 6.45. The minimum absolute atomic E-state index is 0.183. The van der Waals surface area contributed by atoms with Crippen LogP contribution in [0, 0.1) is 5.41 Å². The summed E-state index contributed by atoms with van der Waals surface area (Å²) in [6.45, 7) is 0. The molecule has 14 heavy (non-hydrogen) atoms. The van der Waals surface area contributed by atoms with Gasteiger partial charge < -0.3 is 16.8 Å². The first-order valence-electron chi connectivity index (χ1n) is 4.02. The summed E-state index contributed by atoms with van der Waals surface area (Å²) in [6.07, 6.45) is 0. The minimum atomic E-state index is -0.484. The molecule has 0 aromatic heterocycles. The summed E-state index contributed by atoms with van der Waals surface area (Å²) in [5.74, 6) is -0.484. The molecule has 1 amide bonds. The lowest BCUT2D eigenvalue weighted by Gasteiger charge is -2.06. The number of hydrogen-bond donors (Lipinski definition) is 4. The van der Waals surface area contributed by atoms with E-state index in [1.807, 2.05) is 0 Å². The molecule has 1 aromatic carbocycles. The third-order valence-corrected chi connectivity index (χ3v) is 1.80. The predicted octanol–water partition coefficient (Wildman–Crippen LogP) is -0.0351. The summed E-state index contributed by atoms with van der Waals surface area (Å²) in [6, 6.07) is 4.70. The number of benzene rings is 1. The molecule has 0 spiro atoms. The SMILES string of the molecule is CNC(=O)C(=N)c1cc(N)ccc1N. The Hall–Kier alpha value is -2.04. The van der Waals surface area contributed by atoms with Gasteiger partial charge in [-0.3, -0.25) is 10.2 Å². The summed E-state index contributed by atoms with van der Waals surface area (Å²) >= 11 is 0. The Labute approximate surface area is 81.6 Å². The Morgan fingerprint density at radius 3 is 2.64 bits per heavy atom. The molecule has 0 unspecified atom stereocenters. The second kappa shape index (κ2) is 3.78. The topological polar surface area (TPSA) is 105 Å². The summed E-state index contributed by atoms with van der Waals surface area (Å²) in [4.78, 5) is 11.1. The van der Waals surface area contributed by atoms with Crippen molar-refractivity contribution in [2.45, 2.75) is 0 Å². The van der Waals surface area contributed by atoms with Gasteiger partial charge in [0.15, 0.2) is 0 Å². The van der Waals surface area contributed by atoms with E-state index < -0.39 is 5.91 Å². The third-order valence-electron chi connectivity index (χ3n) is 1.80. The molecule has 0 saturated heterocycles. The first kappa shape index (κ1) is 10.0. The molecule has 5 heteroatoms. The molecular formula is C9H12N4O. The molecule has 74 valence electrons. The maximum atomic E-state index is 11.1. The van der Waals surface area contributed by atoms with Gasteiger partial charge in [0.1, 0.15) is 5.71 Å². The molecule has 6 N–H and O–H groups in total. The highest BCUT2D eigenvalue weighted by Crippen LogP contribution is 2.15. The van der Waals surface area contributed by atoms with Crippen LogP contribution in [-0.2, 0) is 4.79 Å². The molecule has 0 bridgehead atoms. The molecule has 1 rings (SSSR count). The molecule has 0 aliphatic heterocycles. The van der Waals surface area contributed by atoms with Crippen molar-refractivity contribution in [3.63, 3.8) is 0 Å². The van der Waals surface area contributed by atoms with Crippen LogP contribution in [0.25, 0.3) is 0 Å². The van der Waals surface area contributed by atoms with E-state index in [9.17, 15) is 4.79 Å². The quantitative estimate of drug-likeness (QED) is 0.390. The largest absolute Gasteiger partial charge is 0.399 e. The van der Waals surface area contributed by atoms with Crippen LogP contribution >= 0.6 is 0 Å². The van der Waals surface area contributed by atoms with Gasteiger partial charge in [-0.2, -0.15) is 0 Å². The van der Waals surface area contributed by atoms with Crippen LogP contribution in [0.1, 0.15) is 5.56 Å². The average Bonchev–Trinajstić information content (AvgIpc) is 2.19. The molecule has 1 aromatic rings. The van der Waals surface area contributed by atoms with Gasteiger partial charge in [0.25, 0.3) is 5.91 Å². The zero-order chi connectivity index (χ0) is 10.7.